The molecule has 3 aliphatic heterocycles. The Morgan fingerprint density at radius 1 is 1.02 bits per heavy atom. The van der Waals surface area contributed by atoms with Crippen LogP contribution in [0.25, 0.3) is 11.5 Å². The molecule has 3 aromatic rings. The molecular weight excluding hydrogens is 536 g/mol. The van der Waals surface area contributed by atoms with Gasteiger partial charge in [0.05, 0.1) is 12.3 Å². The Morgan fingerprint density at radius 3 is 2.51 bits per heavy atom. The van der Waals surface area contributed by atoms with Crippen LogP contribution in [0.4, 0.5) is 17.3 Å². The molecule has 9 nitrogen and oxygen atoms in total. The number of piperidine rings is 2. The maximum absolute atomic E-state index is 12.6. The number of aryl methyl sites for hydroxylation is 1. The molecule has 3 aliphatic rings. The number of anilines is 3. The number of aromatic nitrogens is 2. The first-order valence-corrected chi connectivity index (χ1v) is 16.8. The Morgan fingerprint density at radius 2 is 1.78 bits per heavy atom. The number of sulfonamides is 1. The minimum atomic E-state index is -3.27. The number of furan rings is 1. The topological polar surface area (TPSA) is 94.8 Å². The highest BCUT2D eigenvalue weighted by Gasteiger charge is 2.29. The van der Waals surface area contributed by atoms with E-state index in [0.29, 0.717) is 42.5 Å². The normalized spacial score (nSPS) is 19.3. The van der Waals surface area contributed by atoms with E-state index in [0.717, 1.165) is 35.9 Å². The van der Waals surface area contributed by atoms with Gasteiger partial charge in [-0.05, 0) is 100.0 Å². The van der Waals surface area contributed by atoms with Crippen molar-refractivity contribution in [3.05, 3.63) is 53.4 Å². The number of nitrogens with zero attached hydrogens (tertiary/aromatic N) is 5. The van der Waals surface area contributed by atoms with E-state index in [1.807, 2.05) is 19.9 Å². The highest BCUT2D eigenvalue weighted by molar-refractivity contribution is 7.89. The molecule has 220 valence electrons. The summed E-state index contributed by atoms with van der Waals surface area (Å²) in [6, 6.07) is 11.3. The van der Waals surface area contributed by atoms with Crippen LogP contribution in [0, 0.1) is 6.92 Å². The lowest BCUT2D eigenvalue weighted by Crippen LogP contribution is -2.46. The van der Waals surface area contributed by atoms with Gasteiger partial charge in [0, 0.05) is 43.2 Å². The molecule has 10 heteroatoms. The smallest absolute Gasteiger partial charge is 0.227 e. The molecule has 5 heterocycles. The van der Waals surface area contributed by atoms with Crippen molar-refractivity contribution >= 4 is 27.3 Å². The lowest BCUT2D eigenvalue weighted by molar-refractivity contribution is 0.141. The van der Waals surface area contributed by atoms with Crippen molar-refractivity contribution in [1.29, 1.82) is 0 Å². The summed E-state index contributed by atoms with van der Waals surface area (Å²) in [5, 5.41) is 3.35. The molecule has 1 aromatic carbocycles. The Bertz CT molecular complexity index is 1440. The molecule has 2 aromatic heterocycles. The Labute approximate surface area is 244 Å². The summed E-state index contributed by atoms with van der Waals surface area (Å²) in [4.78, 5) is 14.5. The third kappa shape index (κ3) is 6.29. The van der Waals surface area contributed by atoms with Gasteiger partial charge in [-0.1, -0.05) is 13.3 Å². The number of hydrogen-bond donors (Lipinski definition) is 1. The van der Waals surface area contributed by atoms with Gasteiger partial charge in [-0.3, -0.25) is 0 Å². The summed E-state index contributed by atoms with van der Waals surface area (Å²) in [6.45, 7) is 9.36. The summed E-state index contributed by atoms with van der Waals surface area (Å²) < 4.78 is 32.9. The molecule has 0 radical (unpaired) electrons. The third-order valence-electron chi connectivity index (χ3n) is 8.77. The summed E-state index contributed by atoms with van der Waals surface area (Å²) in [5.41, 5.74) is 4.86. The van der Waals surface area contributed by atoms with Crippen molar-refractivity contribution in [2.45, 2.75) is 71.4 Å². The molecule has 6 rings (SSSR count). The van der Waals surface area contributed by atoms with Crippen LogP contribution in [0.2, 0.25) is 0 Å². The minimum Gasteiger partial charge on any atom is -0.458 e. The largest absolute Gasteiger partial charge is 0.458 e. The van der Waals surface area contributed by atoms with Crippen molar-refractivity contribution in [2.75, 3.05) is 48.7 Å². The van der Waals surface area contributed by atoms with Gasteiger partial charge in [-0.15, -0.1) is 0 Å². The average Bonchev–Trinajstić information content (AvgIpc) is 3.43. The quantitative estimate of drug-likeness (QED) is 0.383. The van der Waals surface area contributed by atoms with Crippen LogP contribution in [0.5, 0.6) is 0 Å². The molecule has 1 N–H and O–H groups in total. The monoisotopic (exact) mass is 578 g/mol. The fourth-order valence-electron chi connectivity index (χ4n) is 6.45. The number of fused-ring (bicyclic) bond motifs is 1. The van der Waals surface area contributed by atoms with E-state index >= 15 is 0 Å². The minimum absolute atomic E-state index is 0.161. The second-order valence-electron chi connectivity index (χ2n) is 11.7. The van der Waals surface area contributed by atoms with Crippen LogP contribution in [-0.2, 0) is 23.0 Å². The van der Waals surface area contributed by atoms with Gasteiger partial charge in [0.25, 0.3) is 0 Å². The molecule has 2 saturated heterocycles. The first-order chi connectivity index (χ1) is 19.9. The van der Waals surface area contributed by atoms with Crippen molar-refractivity contribution in [3.63, 3.8) is 0 Å². The molecule has 2 fully saturated rings. The first kappa shape index (κ1) is 28.2. The van der Waals surface area contributed by atoms with E-state index in [4.69, 9.17) is 9.40 Å². The highest BCUT2D eigenvalue weighted by Crippen LogP contribution is 2.32. The first-order valence-electron chi connectivity index (χ1n) is 15.2. The summed E-state index contributed by atoms with van der Waals surface area (Å²) in [6.07, 6.45) is 9.62. The zero-order valence-electron chi connectivity index (χ0n) is 24.3. The molecule has 0 saturated carbocycles. The van der Waals surface area contributed by atoms with Gasteiger partial charge in [0.1, 0.15) is 11.5 Å². The third-order valence-corrected chi connectivity index (χ3v) is 10.8. The number of likely N-dealkylation sites (tertiary alicyclic amines) is 1. The SMILES string of the molecule is CCCS(=O)(=O)N1CCc2cc(-c3nc(Nc4ccc(N5CCC(N6CCCCC6)CC5)cc4)ncc3C)oc2C1. The van der Waals surface area contributed by atoms with E-state index in [2.05, 4.69) is 44.4 Å². The van der Waals surface area contributed by atoms with Crippen LogP contribution < -0.4 is 10.2 Å². The molecule has 0 unspecified atom stereocenters. The van der Waals surface area contributed by atoms with Crippen LogP contribution in [0.1, 0.15) is 62.3 Å². The summed E-state index contributed by atoms with van der Waals surface area (Å²) >= 11 is 0. The second-order valence-corrected chi connectivity index (χ2v) is 13.8. The molecule has 0 bridgehead atoms. The lowest BCUT2D eigenvalue weighted by atomic mass is 9.99. The number of nitrogens with one attached hydrogen (secondary N) is 1. The van der Waals surface area contributed by atoms with Gasteiger partial charge < -0.3 is 19.5 Å². The maximum Gasteiger partial charge on any atom is 0.227 e. The van der Waals surface area contributed by atoms with Gasteiger partial charge in [-0.25, -0.2) is 18.4 Å². The van der Waals surface area contributed by atoms with E-state index in [1.165, 1.54) is 55.2 Å². The Hall–Kier alpha value is -2.95. The second kappa shape index (κ2) is 12.1. The summed E-state index contributed by atoms with van der Waals surface area (Å²) in [5.74, 6) is 2.01. The van der Waals surface area contributed by atoms with Gasteiger partial charge >= 0.3 is 0 Å². The predicted molar refractivity (Wildman–Crippen MR) is 163 cm³/mol. The molecular formula is C31H42N6O3S. The fourth-order valence-corrected chi connectivity index (χ4v) is 7.90. The summed E-state index contributed by atoms with van der Waals surface area (Å²) in [7, 11) is -3.27. The van der Waals surface area contributed by atoms with Crippen molar-refractivity contribution in [2.24, 2.45) is 0 Å². The van der Waals surface area contributed by atoms with Gasteiger partial charge in [0.2, 0.25) is 16.0 Å². The van der Waals surface area contributed by atoms with Crippen molar-refractivity contribution in [3.8, 4) is 11.5 Å². The standard InChI is InChI=1S/C31H42N6O3S/c1-3-19-41(38,39)37-18-11-24-20-28(40-29(24)22-37)30-23(2)21-32-31(34-30)33-25-7-9-26(10-8-25)36-16-12-27(13-17-36)35-14-5-4-6-15-35/h7-10,20-21,27H,3-6,11-19,22H2,1-2H3,(H,32,33,34). The van der Waals surface area contributed by atoms with Crippen LogP contribution in [0.15, 0.2) is 40.9 Å². The average molecular weight is 579 g/mol. The van der Waals surface area contributed by atoms with E-state index < -0.39 is 10.0 Å². The number of hydrogen-bond acceptors (Lipinski definition) is 8. The van der Waals surface area contributed by atoms with Crippen LogP contribution in [-0.4, -0.2) is 72.1 Å². The molecule has 0 amide bonds. The highest BCUT2D eigenvalue weighted by atomic mass is 32.2. The van der Waals surface area contributed by atoms with E-state index in [-0.39, 0.29) is 12.3 Å². The van der Waals surface area contributed by atoms with Crippen molar-refractivity contribution < 1.29 is 12.8 Å². The predicted octanol–water partition coefficient (Wildman–Crippen LogP) is 5.34. The maximum atomic E-state index is 12.6. The Balaban J connectivity index is 1.10. The number of rotatable bonds is 8. The van der Waals surface area contributed by atoms with Crippen LogP contribution in [0.3, 0.4) is 0 Å². The number of benzene rings is 1. The van der Waals surface area contributed by atoms with Gasteiger partial charge in [0.15, 0.2) is 5.76 Å². The van der Waals surface area contributed by atoms with E-state index in [1.54, 1.807) is 6.20 Å². The van der Waals surface area contributed by atoms with E-state index in [9.17, 15) is 8.42 Å². The molecule has 0 aliphatic carbocycles. The fraction of sp³-hybridized carbons (Fsp3) is 0.548. The molecule has 0 atom stereocenters. The van der Waals surface area contributed by atoms with Gasteiger partial charge in [-0.2, -0.15) is 4.31 Å². The molecule has 41 heavy (non-hydrogen) atoms. The zero-order chi connectivity index (χ0) is 28.4. The van der Waals surface area contributed by atoms with Crippen molar-refractivity contribution in [1.82, 2.24) is 19.2 Å². The lowest BCUT2D eigenvalue weighted by Gasteiger charge is -2.41. The Kier molecular flexibility index (Phi) is 8.33. The molecule has 0 spiro atoms. The zero-order valence-corrected chi connectivity index (χ0v) is 25.1. The van der Waals surface area contributed by atoms with Crippen LogP contribution >= 0.6 is 0 Å².